The second-order valence-electron chi connectivity index (χ2n) is 5.43. The number of piperidine rings is 1. The van der Waals surface area contributed by atoms with Crippen LogP contribution >= 0.6 is 0 Å². The molecule has 0 aromatic heterocycles. The van der Waals surface area contributed by atoms with E-state index in [1.807, 2.05) is 30.3 Å². The van der Waals surface area contributed by atoms with Gasteiger partial charge in [0.25, 0.3) is 0 Å². The smallest absolute Gasteiger partial charge is 0.410 e. The molecular formula is C15H17NO4. The Morgan fingerprint density at radius 3 is 2.75 bits per heavy atom. The zero-order chi connectivity index (χ0) is 14.1. The molecule has 20 heavy (non-hydrogen) atoms. The quantitative estimate of drug-likeness (QED) is 0.917. The van der Waals surface area contributed by atoms with Gasteiger partial charge in [-0.15, -0.1) is 0 Å². The summed E-state index contributed by atoms with van der Waals surface area (Å²) in [4.78, 5) is 24.8. The van der Waals surface area contributed by atoms with Crippen LogP contribution in [0.1, 0.15) is 18.4 Å². The number of ether oxygens (including phenoxy) is 1. The molecule has 1 saturated heterocycles. The lowest BCUT2D eigenvalue weighted by atomic mass is 9.96. The van der Waals surface area contributed by atoms with Crippen molar-refractivity contribution in [3.8, 4) is 0 Å². The van der Waals surface area contributed by atoms with Crippen molar-refractivity contribution in [3.63, 3.8) is 0 Å². The van der Waals surface area contributed by atoms with E-state index in [1.54, 1.807) is 4.90 Å². The number of rotatable bonds is 3. The molecule has 1 aliphatic heterocycles. The monoisotopic (exact) mass is 275 g/mol. The number of nitrogens with zero attached hydrogens (tertiary/aromatic N) is 1. The van der Waals surface area contributed by atoms with Gasteiger partial charge in [0.1, 0.15) is 6.61 Å². The fraction of sp³-hybridized carbons (Fsp3) is 0.467. The summed E-state index contributed by atoms with van der Waals surface area (Å²) < 4.78 is 5.30. The van der Waals surface area contributed by atoms with Crippen molar-refractivity contribution in [2.75, 3.05) is 6.54 Å². The van der Waals surface area contributed by atoms with Crippen LogP contribution in [0.5, 0.6) is 0 Å². The minimum absolute atomic E-state index is 0.0631. The Morgan fingerprint density at radius 1 is 1.30 bits per heavy atom. The highest BCUT2D eigenvalue weighted by Crippen LogP contribution is 2.47. The fourth-order valence-corrected chi connectivity index (χ4v) is 2.98. The van der Waals surface area contributed by atoms with Gasteiger partial charge in [-0.2, -0.15) is 0 Å². The first-order valence-electron chi connectivity index (χ1n) is 6.87. The molecule has 0 bridgehead atoms. The van der Waals surface area contributed by atoms with E-state index in [4.69, 9.17) is 9.84 Å². The number of carbonyl (C=O) groups excluding carboxylic acids is 1. The van der Waals surface area contributed by atoms with Crippen molar-refractivity contribution >= 4 is 12.1 Å². The van der Waals surface area contributed by atoms with E-state index >= 15 is 0 Å². The molecule has 5 heteroatoms. The molecular weight excluding hydrogens is 258 g/mol. The second kappa shape index (κ2) is 5.15. The molecule has 1 N–H and O–H groups in total. The Kier molecular flexibility index (Phi) is 3.34. The third kappa shape index (κ3) is 2.48. The average molecular weight is 275 g/mol. The molecule has 3 rings (SSSR count). The number of carboxylic acid groups (broad SMARTS) is 1. The lowest BCUT2D eigenvalue weighted by molar-refractivity contribution is -0.143. The molecule has 1 aromatic carbocycles. The number of benzene rings is 1. The first-order chi connectivity index (χ1) is 9.66. The summed E-state index contributed by atoms with van der Waals surface area (Å²) in [6.45, 7) is 0.738. The van der Waals surface area contributed by atoms with Gasteiger partial charge in [-0.05, 0) is 24.3 Å². The maximum atomic E-state index is 12.0. The number of carboxylic acids is 1. The van der Waals surface area contributed by atoms with Crippen LogP contribution in [-0.4, -0.2) is 34.7 Å². The van der Waals surface area contributed by atoms with Crippen molar-refractivity contribution in [2.24, 2.45) is 11.8 Å². The molecule has 1 aliphatic carbocycles. The summed E-state index contributed by atoms with van der Waals surface area (Å²) in [7, 11) is 0. The van der Waals surface area contributed by atoms with Gasteiger partial charge in [-0.1, -0.05) is 30.3 Å². The number of fused-ring (bicyclic) bond motifs is 1. The van der Waals surface area contributed by atoms with Crippen LogP contribution in [0.15, 0.2) is 30.3 Å². The average Bonchev–Trinajstić information content (AvgIpc) is 3.24. The minimum Gasteiger partial charge on any atom is -0.481 e. The van der Waals surface area contributed by atoms with E-state index < -0.39 is 5.97 Å². The predicted molar refractivity (Wildman–Crippen MR) is 71.0 cm³/mol. The molecule has 0 spiro atoms. The zero-order valence-electron chi connectivity index (χ0n) is 11.1. The Morgan fingerprint density at radius 2 is 2.05 bits per heavy atom. The molecule has 0 unspecified atom stereocenters. The third-order valence-electron chi connectivity index (χ3n) is 4.16. The molecule has 2 aliphatic rings. The molecule has 1 saturated carbocycles. The molecule has 3 atom stereocenters. The predicted octanol–water partition coefficient (Wildman–Crippen LogP) is 2.12. The van der Waals surface area contributed by atoms with Gasteiger partial charge in [-0.3, -0.25) is 4.79 Å². The van der Waals surface area contributed by atoms with Crippen molar-refractivity contribution < 1.29 is 19.4 Å². The Labute approximate surface area is 117 Å². The van der Waals surface area contributed by atoms with E-state index in [2.05, 4.69) is 0 Å². The summed E-state index contributed by atoms with van der Waals surface area (Å²) in [5.41, 5.74) is 0.952. The standard InChI is InChI=1S/C15H17NO4/c17-14(18)11-6-7-16(13-8-12(11)13)15(19)20-9-10-4-2-1-3-5-10/h1-5,11-13H,6-9H2,(H,17,18)/t11-,12-,13-/m1/s1. The zero-order valence-corrected chi connectivity index (χ0v) is 11.1. The van der Waals surface area contributed by atoms with Crippen molar-refractivity contribution in [1.29, 1.82) is 0 Å². The van der Waals surface area contributed by atoms with Gasteiger partial charge < -0.3 is 14.7 Å². The SMILES string of the molecule is O=C(O)[C@@H]1CCN(C(=O)OCc2ccccc2)[C@@H]2C[C@@H]21. The van der Waals surface area contributed by atoms with Crippen LogP contribution in [0.25, 0.3) is 0 Å². The molecule has 106 valence electrons. The van der Waals surface area contributed by atoms with E-state index in [-0.39, 0.29) is 30.6 Å². The van der Waals surface area contributed by atoms with E-state index in [0.29, 0.717) is 13.0 Å². The van der Waals surface area contributed by atoms with Crippen LogP contribution in [0.2, 0.25) is 0 Å². The Balaban J connectivity index is 1.54. The molecule has 0 radical (unpaired) electrons. The summed E-state index contributed by atoms with van der Waals surface area (Å²) in [6, 6.07) is 9.59. The maximum absolute atomic E-state index is 12.0. The summed E-state index contributed by atoms with van der Waals surface area (Å²) >= 11 is 0. The molecule has 1 amide bonds. The summed E-state index contributed by atoms with van der Waals surface area (Å²) in [5.74, 6) is -0.918. The van der Waals surface area contributed by atoms with Crippen LogP contribution in [-0.2, 0) is 16.1 Å². The van der Waals surface area contributed by atoms with E-state index in [0.717, 1.165) is 12.0 Å². The molecule has 1 aromatic rings. The Bertz CT molecular complexity index is 516. The van der Waals surface area contributed by atoms with Gasteiger partial charge in [0, 0.05) is 12.6 Å². The number of hydrogen-bond acceptors (Lipinski definition) is 3. The molecule has 5 nitrogen and oxygen atoms in total. The second-order valence-corrected chi connectivity index (χ2v) is 5.43. The number of carbonyl (C=O) groups is 2. The van der Waals surface area contributed by atoms with Gasteiger partial charge >= 0.3 is 12.1 Å². The van der Waals surface area contributed by atoms with Crippen LogP contribution in [0.3, 0.4) is 0 Å². The topological polar surface area (TPSA) is 66.8 Å². The van der Waals surface area contributed by atoms with E-state index in [9.17, 15) is 9.59 Å². The van der Waals surface area contributed by atoms with Gasteiger partial charge in [0.15, 0.2) is 0 Å². The lowest BCUT2D eigenvalue weighted by Crippen LogP contribution is -2.41. The third-order valence-corrected chi connectivity index (χ3v) is 4.16. The highest BCUT2D eigenvalue weighted by atomic mass is 16.6. The first kappa shape index (κ1) is 13.0. The fourth-order valence-electron chi connectivity index (χ4n) is 2.98. The number of aliphatic carboxylic acids is 1. The van der Waals surface area contributed by atoms with Crippen molar-refractivity contribution in [2.45, 2.75) is 25.5 Å². The minimum atomic E-state index is -0.741. The summed E-state index contributed by atoms with van der Waals surface area (Å²) in [5, 5.41) is 9.08. The van der Waals surface area contributed by atoms with Crippen LogP contribution in [0, 0.1) is 11.8 Å². The first-order valence-corrected chi connectivity index (χ1v) is 6.87. The number of amides is 1. The van der Waals surface area contributed by atoms with Crippen molar-refractivity contribution in [1.82, 2.24) is 4.90 Å². The normalized spacial score (nSPS) is 27.6. The van der Waals surface area contributed by atoms with Crippen LogP contribution in [0.4, 0.5) is 4.79 Å². The maximum Gasteiger partial charge on any atom is 0.410 e. The summed E-state index contributed by atoms with van der Waals surface area (Å²) in [6.07, 6.45) is 0.985. The van der Waals surface area contributed by atoms with Gasteiger partial charge in [0.05, 0.1) is 5.92 Å². The number of hydrogen-bond donors (Lipinski definition) is 1. The van der Waals surface area contributed by atoms with Gasteiger partial charge in [0.2, 0.25) is 0 Å². The molecule has 2 fully saturated rings. The Hall–Kier alpha value is -2.04. The highest BCUT2D eigenvalue weighted by Gasteiger charge is 2.54. The lowest BCUT2D eigenvalue weighted by Gasteiger charge is -2.28. The highest BCUT2D eigenvalue weighted by molar-refractivity contribution is 5.74. The van der Waals surface area contributed by atoms with E-state index in [1.165, 1.54) is 0 Å². The largest absolute Gasteiger partial charge is 0.481 e. The van der Waals surface area contributed by atoms with Gasteiger partial charge in [-0.25, -0.2) is 4.79 Å². The number of likely N-dealkylation sites (tertiary alicyclic amines) is 1. The molecule has 1 heterocycles. The van der Waals surface area contributed by atoms with Crippen LogP contribution < -0.4 is 0 Å². The van der Waals surface area contributed by atoms with Crippen molar-refractivity contribution in [3.05, 3.63) is 35.9 Å².